The lowest BCUT2D eigenvalue weighted by molar-refractivity contribution is -0.123. The molecule has 0 aromatic carbocycles. The van der Waals surface area contributed by atoms with Crippen LogP contribution in [0.25, 0.3) is 0 Å². The Hall–Kier alpha value is -0.620. The van der Waals surface area contributed by atoms with Crippen molar-refractivity contribution in [3.63, 3.8) is 0 Å². The molecule has 1 unspecified atom stereocenters. The number of carbonyl (C=O) groups is 1. The van der Waals surface area contributed by atoms with Gasteiger partial charge in [0.25, 0.3) is 0 Å². The van der Waals surface area contributed by atoms with E-state index in [4.69, 9.17) is 16.3 Å². The van der Waals surface area contributed by atoms with Gasteiger partial charge in [-0.1, -0.05) is 11.6 Å². The summed E-state index contributed by atoms with van der Waals surface area (Å²) in [4.78, 5) is 12.9. The Balaban J connectivity index is 1.64. The third kappa shape index (κ3) is 5.05. The summed E-state index contributed by atoms with van der Waals surface area (Å²) in [5.74, 6) is 0.0240. The topological polar surface area (TPSA) is 50.4 Å². The van der Waals surface area contributed by atoms with Gasteiger partial charge in [-0.2, -0.15) is 0 Å². The van der Waals surface area contributed by atoms with E-state index < -0.39 is 0 Å². The SMILES string of the molecule is CC(NC(=O)CCOC1CCNCC1)c1ccc(Cl)s1. The van der Waals surface area contributed by atoms with E-state index in [0.29, 0.717) is 19.1 Å². The van der Waals surface area contributed by atoms with E-state index in [0.717, 1.165) is 35.1 Å². The largest absolute Gasteiger partial charge is 0.378 e. The maximum Gasteiger partial charge on any atom is 0.222 e. The molecule has 1 amide bonds. The zero-order valence-corrected chi connectivity index (χ0v) is 13.2. The molecule has 0 aliphatic carbocycles. The smallest absolute Gasteiger partial charge is 0.222 e. The summed E-state index contributed by atoms with van der Waals surface area (Å²) in [6.07, 6.45) is 2.78. The molecule has 1 atom stereocenters. The molecule has 1 saturated heterocycles. The maximum atomic E-state index is 11.8. The molecule has 2 N–H and O–H groups in total. The van der Waals surface area contributed by atoms with E-state index in [1.807, 2.05) is 19.1 Å². The summed E-state index contributed by atoms with van der Waals surface area (Å²) < 4.78 is 6.47. The summed E-state index contributed by atoms with van der Waals surface area (Å²) in [6.45, 7) is 4.47. The lowest BCUT2D eigenvalue weighted by Gasteiger charge is -2.23. The number of rotatable bonds is 6. The molecule has 1 aromatic heterocycles. The van der Waals surface area contributed by atoms with E-state index in [-0.39, 0.29) is 11.9 Å². The van der Waals surface area contributed by atoms with Crippen molar-refractivity contribution in [1.29, 1.82) is 0 Å². The number of piperidine rings is 1. The molecule has 2 heterocycles. The predicted molar refractivity (Wildman–Crippen MR) is 82.3 cm³/mol. The van der Waals surface area contributed by atoms with Crippen LogP contribution in [0.5, 0.6) is 0 Å². The number of carbonyl (C=O) groups excluding carboxylic acids is 1. The Kier molecular flexibility index (Phi) is 6.29. The highest BCUT2D eigenvalue weighted by Crippen LogP contribution is 2.26. The fraction of sp³-hybridized carbons (Fsp3) is 0.643. The molecular formula is C14H21ClN2O2S. The molecule has 20 heavy (non-hydrogen) atoms. The van der Waals surface area contributed by atoms with Crippen LogP contribution < -0.4 is 10.6 Å². The van der Waals surface area contributed by atoms with Crippen LogP contribution in [0.4, 0.5) is 0 Å². The average Bonchev–Trinajstić information content (AvgIpc) is 2.87. The minimum atomic E-state index is -0.00104. The third-order valence-corrected chi connectivity index (χ3v) is 4.78. The molecule has 1 aliphatic rings. The van der Waals surface area contributed by atoms with E-state index in [9.17, 15) is 4.79 Å². The highest BCUT2D eigenvalue weighted by Gasteiger charge is 2.15. The van der Waals surface area contributed by atoms with Crippen molar-refractivity contribution in [3.05, 3.63) is 21.3 Å². The van der Waals surface area contributed by atoms with Gasteiger partial charge in [0, 0.05) is 11.3 Å². The summed E-state index contributed by atoms with van der Waals surface area (Å²) in [5.41, 5.74) is 0. The monoisotopic (exact) mass is 316 g/mol. The molecule has 112 valence electrons. The summed E-state index contributed by atoms with van der Waals surface area (Å²) in [5, 5.41) is 6.26. The Morgan fingerprint density at radius 2 is 2.30 bits per heavy atom. The summed E-state index contributed by atoms with van der Waals surface area (Å²) in [7, 11) is 0. The number of hydrogen-bond donors (Lipinski definition) is 2. The van der Waals surface area contributed by atoms with Gasteiger partial charge in [-0.25, -0.2) is 0 Å². The minimum Gasteiger partial charge on any atom is -0.378 e. The molecule has 0 bridgehead atoms. The van der Waals surface area contributed by atoms with E-state index in [2.05, 4.69) is 10.6 Å². The van der Waals surface area contributed by atoms with Crippen LogP contribution in [0.1, 0.15) is 37.1 Å². The highest BCUT2D eigenvalue weighted by molar-refractivity contribution is 7.16. The zero-order chi connectivity index (χ0) is 14.4. The van der Waals surface area contributed by atoms with Gasteiger partial charge in [-0.3, -0.25) is 4.79 Å². The number of nitrogens with one attached hydrogen (secondary N) is 2. The molecular weight excluding hydrogens is 296 g/mol. The van der Waals surface area contributed by atoms with Gasteiger partial charge in [0.15, 0.2) is 0 Å². The van der Waals surface area contributed by atoms with Crippen LogP contribution in [0.15, 0.2) is 12.1 Å². The Morgan fingerprint density at radius 3 is 2.95 bits per heavy atom. The molecule has 6 heteroatoms. The van der Waals surface area contributed by atoms with Crippen LogP contribution in [-0.2, 0) is 9.53 Å². The fourth-order valence-corrected chi connectivity index (χ4v) is 3.29. The van der Waals surface area contributed by atoms with Gasteiger partial charge < -0.3 is 15.4 Å². The average molecular weight is 317 g/mol. The van der Waals surface area contributed by atoms with Crippen molar-refractivity contribution in [3.8, 4) is 0 Å². The Labute approximate surface area is 128 Å². The van der Waals surface area contributed by atoms with Gasteiger partial charge in [-0.15, -0.1) is 11.3 Å². The molecule has 1 fully saturated rings. The van der Waals surface area contributed by atoms with Crippen molar-refractivity contribution < 1.29 is 9.53 Å². The molecule has 0 saturated carbocycles. The lowest BCUT2D eigenvalue weighted by Crippen LogP contribution is -2.33. The molecule has 4 nitrogen and oxygen atoms in total. The zero-order valence-electron chi connectivity index (χ0n) is 11.7. The van der Waals surface area contributed by atoms with E-state index in [1.165, 1.54) is 11.3 Å². The van der Waals surface area contributed by atoms with Crippen molar-refractivity contribution in [2.45, 2.75) is 38.3 Å². The van der Waals surface area contributed by atoms with Gasteiger partial charge in [0.2, 0.25) is 5.91 Å². The molecule has 0 spiro atoms. The normalized spacial score (nSPS) is 17.9. The maximum absolute atomic E-state index is 11.8. The molecule has 2 rings (SSSR count). The van der Waals surface area contributed by atoms with E-state index >= 15 is 0 Å². The minimum absolute atomic E-state index is 0.00104. The quantitative estimate of drug-likeness (QED) is 0.848. The standard InChI is InChI=1S/C14H21ClN2O2S/c1-10(12-2-3-13(15)20-12)17-14(18)6-9-19-11-4-7-16-8-5-11/h2-3,10-11,16H,4-9H2,1H3,(H,17,18). The van der Waals surface area contributed by atoms with Gasteiger partial charge in [0.05, 0.1) is 23.1 Å². The second-order valence-corrected chi connectivity index (χ2v) is 6.75. The van der Waals surface area contributed by atoms with Crippen LogP contribution >= 0.6 is 22.9 Å². The summed E-state index contributed by atoms with van der Waals surface area (Å²) >= 11 is 7.39. The Bertz CT molecular complexity index is 433. The first-order valence-electron chi connectivity index (χ1n) is 7.02. The molecule has 1 aliphatic heterocycles. The third-order valence-electron chi connectivity index (χ3n) is 3.37. The number of ether oxygens (including phenoxy) is 1. The second-order valence-electron chi connectivity index (χ2n) is 5.00. The first-order valence-corrected chi connectivity index (χ1v) is 8.21. The van der Waals surface area contributed by atoms with Gasteiger partial charge in [0.1, 0.15) is 0 Å². The van der Waals surface area contributed by atoms with Crippen molar-refractivity contribution in [2.24, 2.45) is 0 Å². The lowest BCUT2D eigenvalue weighted by atomic mass is 10.1. The molecule has 0 radical (unpaired) electrons. The second kappa shape index (κ2) is 7.98. The number of thiophene rings is 1. The fourth-order valence-electron chi connectivity index (χ4n) is 2.23. The highest BCUT2D eigenvalue weighted by atomic mass is 35.5. The van der Waals surface area contributed by atoms with Gasteiger partial charge >= 0.3 is 0 Å². The van der Waals surface area contributed by atoms with Gasteiger partial charge in [-0.05, 0) is 45.0 Å². The molecule has 1 aromatic rings. The van der Waals surface area contributed by atoms with Crippen LogP contribution in [0, 0.1) is 0 Å². The van der Waals surface area contributed by atoms with Crippen molar-refractivity contribution >= 4 is 28.8 Å². The predicted octanol–water partition coefficient (Wildman–Crippen LogP) is 2.74. The first-order chi connectivity index (χ1) is 9.65. The van der Waals surface area contributed by atoms with Crippen molar-refractivity contribution in [1.82, 2.24) is 10.6 Å². The summed E-state index contributed by atoms with van der Waals surface area (Å²) in [6, 6.07) is 3.80. The van der Waals surface area contributed by atoms with Crippen LogP contribution in [0.2, 0.25) is 4.34 Å². The first kappa shape index (κ1) is 15.8. The number of halogens is 1. The van der Waals surface area contributed by atoms with Crippen LogP contribution in [-0.4, -0.2) is 31.7 Å². The van der Waals surface area contributed by atoms with Crippen molar-refractivity contribution in [2.75, 3.05) is 19.7 Å². The van der Waals surface area contributed by atoms with Crippen LogP contribution in [0.3, 0.4) is 0 Å². The van der Waals surface area contributed by atoms with E-state index in [1.54, 1.807) is 0 Å². The number of hydrogen-bond acceptors (Lipinski definition) is 4. The Morgan fingerprint density at radius 1 is 1.55 bits per heavy atom. The number of amides is 1.